The minimum atomic E-state index is -0.166. The van der Waals surface area contributed by atoms with Crippen molar-refractivity contribution >= 4 is 39.2 Å². The molecule has 0 saturated carbocycles. The van der Waals surface area contributed by atoms with Gasteiger partial charge in [-0.15, -0.1) is 11.3 Å². The molecule has 0 fully saturated rings. The number of amides is 1. The second-order valence-electron chi connectivity index (χ2n) is 6.36. The van der Waals surface area contributed by atoms with Crippen LogP contribution in [0.3, 0.4) is 0 Å². The highest BCUT2D eigenvalue weighted by molar-refractivity contribution is 8.00. The summed E-state index contributed by atoms with van der Waals surface area (Å²) in [6, 6.07) is 15.8. The van der Waals surface area contributed by atoms with Crippen LogP contribution >= 0.6 is 23.1 Å². The Hall–Kier alpha value is -2.64. The summed E-state index contributed by atoms with van der Waals surface area (Å²) in [5.74, 6) is 1.68. The van der Waals surface area contributed by atoms with Crippen molar-refractivity contribution in [3.8, 4) is 10.4 Å². The normalized spacial score (nSPS) is 12.2. The van der Waals surface area contributed by atoms with Gasteiger partial charge in [0.25, 0.3) is 0 Å². The molecule has 1 aromatic carbocycles. The smallest absolute Gasteiger partial charge is 0.230 e. The molecule has 28 heavy (non-hydrogen) atoms. The Morgan fingerprint density at radius 3 is 2.79 bits per heavy atom. The number of thiophene rings is 1. The van der Waals surface area contributed by atoms with Crippen molar-refractivity contribution in [2.75, 3.05) is 5.75 Å². The second-order valence-corrected chi connectivity index (χ2v) is 8.36. The monoisotopic (exact) mass is 409 g/mol. The standard InChI is InChI=1S/C21H19N3O2S2/c1-13(17-9-6-10-26-17)22-19(25)12-27-20-16-11-18(15-7-4-3-5-8-15)28-21(16)24-14(2)23-20/h3-11,13H,12H2,1-2H3,(H,22,25)/t13-/m1/s1. The van der Waals surface area contributed by atoms with Crippen LogP contribution in [0.4, 0.5) is 0 Å². The number of hydrogen-bond donors (Lipinski definition) is 1. The molecule has 0 aliphatic heterocycles. The molecule has 0 saturated heterocycles. The van der Waals surface area contributed by atoms with E-state index in [4.69, 9.17) is 4.42 Å². The van der Waals surface area contributed by atoms with Gasteiger partial charge in [-0.1, -0.05) is 42.1 Å². The first-order chi connectivity index (χ1) is 13.6. The molecule has 0 aliphatic carbocycles. The summed E-state index contributed by atoms with van der Waals surface area (Å²) in [4.78, 5) is 23.6. The molecule has 142 valence electrons. The van der Waals surface area contributed by atoms with Crippen LogP contribution in [0, 0.1) is 6.92 Å². The lowest BCUT2D eigenvalue weighted by molar-refractivity contribution is -0.119. The number of nitrogens with zero attached hydrogens (tertiary/aromatic N) is 2. The summed E-state index contributed by atoms with van der Waals surface area (Å²) >= 11 is 3.08. The Bertz CT molecular complexity index is 1090. The molecular formula is C21H19N3O2S2. The average molecular weight is 410 g/mol. The topological polar surface area (TPSA) is 68.0 Å². The number of aromatic nitrogens is 2. The first kappa shape index (κ1) is 18.7. The maximum absolute atomic E-state index is 12.4. The molecule has 4 rings (SSSR count). The zero-order valence-corrected chi connectivity index (χ0v) is 17.1. The van der Waals surface area contributed by atoms with Crippen molar-refractivity contribution in [3.05, 3.63) is 66.4 Å². The van der Waals surface area contributed by atoms with E-state index in [1.807, 2.05) is 44.2 Å². The molecule has 7 heteroatoms. The maximum Gasteiger partial charge on any atom is 0.230 e. The SMILES string of the molecule is Cc1nc(SCC(=O)N[C@H](C)c2ccco2)c2cc(-c3ccccc3)sc2n1. The summed E-state index contributed by atoms with van der Waals surface area (Å²) in [6.07, 6.45) is 1.61. The number of thioether (sulfide) groups is 1. The first-order valence-corrected chi connectivity index (χ1v) is 10.7. The summed E-state index contributed by atoms with van der Waals surface area (Å²) in [7, 11) is 0. The van der Waals surface area contributed by atoms with E-state index in [0.29, 0.717) is 5.82 Å². The summed E-state index contributed by atoms with van der Waals surface area (Å²) in [5, 5.41) is 4.78. The van der Waals surface area contributed by atoms with E-state index >= 15 is 0 Å². The van der Waals surface area contributed by atoms with Gasteiger partial charge in [-0.05, 0) is 37.6 Å². The molecular weight excluding hydrogens is 390 g/mol. The van der Waals surface area contributed by atoms with Crippen molar-refractivity contribution in [1.82, 2.24) is 15.3 Å². The summed E-state index contributed by atoms with van der Waals surface area (Å²) < 4.78 is 5.34. The molecule has 0 radical (unpaired) electrons. The van der Waals surface area contributed by atoms with E-state index in [1.165, 1.54) is 11.8 Å². The lowest BCUT2D eigenvalue weighted by Crippen LogP contribution is -2.27. The highest BCUT2D eigenvalue weighted by Crippen LogP contribution is 2.36. The molecule has 4 aromatic rings. The molecule has 1 atom stereocenters. The first-order valence-electron chi connectivity index (χ1n) is 8.89. The van der Waals surface area contributed by atoms with Crippen molar-refractivity contribution in [3.63, 3.8) is 0 Å². The fourth-order valence-corrected chi connectivity index (χ4v) is 4.88. The molecule has 0 spiro atoms. The Balaban J connectivity index is 1.51. The summed E-state index contributed by atoms with van der Waals surface area (Å²) in [5.41, 5.74) is 1.16. The third-order valence-electron chi connectivity index (χ3n) is 4.22. The minimum absolute atomic E-state index is 0.0585. The van der Waals surface area contributed by atoms with E-state index in [9.17, 15) is 4.79 Å². The zero-order valence-electron chi connectivity index (χ0n) is 15.5. The number of carbonyl (C=O) groups excluding carboxylic acids is 1. The number of carbonyl (C=O) groups is 1. The fourth-order valence-electron chi connectivity index (χ4n) is 2.88. The third-order valence-corrected chi connectivity index (χ3v) is 6.28. The number of nitrogens with one attached hydrogen (secondary N) is 1. The van der Waals surface area contributed by atoms with Gasteiger partial charge < -0.3 is 9.73 Å². The van der Waals surface area contributed by atoms with Gasteiger partial charge >= 0.3 is 0 Å². The van der Waals surface area contributed by atoms with Crippen molar-refractivity contribution in [1.29, 1.82) is 0 Å². The zero-order chi connectivity index (χ0) is 19.5. The number of fused-ring (bicyclic) bond motifs is 1. The van der Waals surface area contributed by atoms with Crippen LogP contribution in [-0.4, -0.2) is 21.6 Å². The molecule has 0 unspecified atom stereocenters. The second kappa shape index (κ2) is 8.16. The maximum atomic E-state index is 12.4. The van der Waals surface area contributed by atoms with Crippen LogP contribution in [0.15, 0.2) is 64.2 Å². The number of rotatable bonds is 6. The lowest BCUT2D eigenvalue weighted by atomic mass is 10.2. The predicted molar refractivity (Wildman–Crippen MR) is 114 cm³/mol. The van der Waals surface area contributed by atoms with Gasteiger partial charge in [0.2, 0.25) is 5.91 Å². The molecule has 0 bridgehead atoms. The van der Waals surface area contributed by atoms with Gasteiger partial charge in [-0.3, -0.25) is 4.79 Å². The van der Waals surface area contributed by atoms with E-state index in [2.05, 4.69) is 33.5 Å². The molecule has 0 aliphatic rings. The Labute approximate surface area is 171 Å². The number of hydrogen-bond acceptors (Lipinski definition) is 6. The van der Waals surface area contributed by atoms with Gasteiger partial charge in [-0.25, -0.2) is 9.97 Å². The Kier molecular flexibility index (Phi) is 5.45. The van der Waals surface area contributed by atoms with Crippen molar-refractivity contribution in [2.24, 2.45) is 0 Å². The van der Waals surface area contributed by atoms with Gasteiger partial charge in [0.1, 0.15) is 21.4 Å². The third kappa shape index (κ3) is 4.10. The van der Waals surface area contributed by atoms with Crippen LogP contribution in [0.5, 0.6) is 0 Å². The van der Waals surface area contributed by atoms with Gasteiger partial charge in [0.15, 0.2) is 0 Å². The Morgan fingerprint density at radius 1 is 1.21 bits per heavy atom. The van der Waals surface area contributed by atoms with Crippen LogP contribution in [-0.2, 0) is 4.79 Å². The number of benzene rings is 1. The minimum Gasteiger partial charge on any atom is -0.467 e. The fraction of sp³-hybridized carbons (Fsp3) is 0.190. The Morgan fingerprint density at radius 2 is 2.04 bits per heavy atom. The van der Waals surface area contributed by atoms with E-state index in [1.54, 1.807) is 17.6 Å². The predicted octanol–water partition coefficient (Wildman–Crippen LogP) is 5.23. The molecule has 5 nitrogen and oxygen atoms in total. The number of aryl methyl sites for hydroxylation is 1. The average Bonchev–Trinajstić information content (AvgIpc) is 3.36. The van der Waals surface area contributed by atoms with Gasteiger partial charge in [0.05, 0.1) is 18.1 Å². The molecule has 1 amide bonds. The number of furan rings is 1. The lowest BCUT2D eigenvalue weighted by Gasteiger charge is -2.11. The van der Waals surface area contributed by atoms with Crippen LogP contribution < -0.4 is 5.32 Å². The highest BCUT2D eigenvalue weighted by Gasteiger charge is 2.15. The van der Waals surface area contributed by atoms with Crippen molar-refractivity contribution < 1.29 is 9.21 Å². The molecule has 1 N–H and O–H groups in total. The van der Waals surface area contributed by atoms with Crippen LogP contribution in [0.25, 0.3) is 20.7 Å². The van der Waals surface area contributed by atoms with E-state index in [-0.39, 0.29) is 17.7 Å². The highest BCUT2D eigenvalue weighted by atomic mass is 32.2. The summed E-state index contributed by atoms with van der Waals surface area (Å²) in [6.45, 7) is 3.78. The van der Waals surface area contributed by atoms with E-state index < -0.39 is 0 Å². The van der Waals surface area contributed by atoms with E-state index in [0.717, 1.165) is 31.4 Å². The molecule has 3 aromatic heterocycles. The van der Waals surface area contributed by atoms with Crippen LogP contribution in [0.2, 0.25) is 0 Å². The van der Waals surface area contributed by atoms with Gasteiger partial charge in [0, 0.05) is 10.3 Å². The largest absolute Gasteiger partial charge is 0.467 e. The van der Waals surface area contributed by atoms with Gasteiger partial charge in [-0.2, -0.15) is 0 Å². The van der Waals surface area contributed by atoms with Crippen molar-refractivity contribution in [2.45, 2.75) is 24.9 Å². The molecule has 3 heterocycles. The van der Waals surface area contributed by atoms with Crippen LogP contribution in [0.1, 0.15) is 24.6 Å². The quantitative estimate of drug-likeness (QED) is 0.349.